The smallest absolute Gasteiger partial charge is 0.224 e. The van der Waals surface area contributed by atoms with Crippen LogP contribution in [0.25, 0.3) is 0 Å². The highest BCUT2D eigenvalue weighted by atomic mass is 19.1. The molecule has 1 aliphatic carbocycles. The largest absolute Gasteiger partial charge is 0.355 e. The summed E-state index contributed by atoms with van der Waals surface area (Å²) >= 11 is 0. The molecule has 0 aliphatic heterocycles. The van der Waals surface area contributed by atoms with Gasteiger partial charge in [0.05, 0.1) is 6.42 Å². The Kier molecular flexibility index (Phi) is 6.77. The second-order valence-electron chi connectivity index (χ2n) is 5.91. The summed E-state index contributed by atoms with van der Waals surface area (Å²) in [6, 6.07) is 3.83. The normalized spacial score (nSPS) is 16.3. The van der Waals surface area contributed by atoms with Gasteiger partial charge in [-0.15, -0.1) is 0 Å². The molecule has 0 radical (unpaired) electrons. The van der Waals surface area contributed by atoms with Crippen LogP contribution in [0.2, 0.25) is 0 Å². The molecule has 1 aromatic rings. The number of nitrogens with one attached hydrogen (secondary N) is 2. The first-order chi connectivity index (χ1) is 10.6. The van der Waals surface area contributed by atoms with Crippen molar-refractivity contribution in [3.05, 3.63) is 35.4 Å². The Hall–Kier alpha value is -1.49. The van der Waals surface area contributed by atoms with Crippen LogP contribution in [0, 0.1) is 11.6 Å². The number of rotatable bonds is 6. The third kappa shape index (κ3) is 5.72. The molecular formula is C17H24F2N2O. The van der Waals surface area contributed by atoms with Gasteiger partial charge >= 0.3 is 0 Å². The van der Waals surface area contributed by atoms with Crippen LogP contribution in [0.5, 0.6) is 0 Å². The first kappa shape index (κ1) is 16.9. The molecule has 0 spiro atoms. The van der Waals surface area contributed by atoms with Crippen molar-refractivity contribution in [1.82, 2.24) is 10.6 Å². The lowest BCUT2D eigenvalue weighted by atomic mass is 10.1. The quantitative estimate of drug-likeness (QED) is 0.626. The van der Waals surface area contributed by atoms with Gasteiger partial charge in [-0.2, -0.15) is 0 Å². The van der Waals surface area contributed by atoms with Crippen molar-refractivity contribution >= 4 is 5.91 Å². The van der Waals surface area contributed by atoms with Crippen molar-refractivity contribution in [2.45, 2.75) is 51.0 Å². The average molecular weight is 310 g/mol. The van der Waals surface area contributed by atoms with Gasteiger partial charge in [-0.25, -0.2) is 8.78 Å². The highest BCUT2D eigenvalue weighted by Gasteiger charge is 2.12. The lowest BCUT2D eigenvalue weighted by Crippen LogP contribution is -2.37. The van der Waals surface area contributed by atoms with Gasteiger partial charge < -0.3 is 10.6 Å². The van der Waals surface area contributed by atoms with E-state index in [1.807, 2.05) is 0 Å². The molecule has 0 heterocycles. The van der Waals surface area contributed by atoms with Gasteiger partial charge in [0.1, 0.15) is 11.6 Å². The Morgan fingerprint density at radius 3 is 2.50 bits per heavy atom. The van der Waals surface area contributed by atoms with Gasteiger partial charge in [0.15, 0.2) is 0 Å². The fraction of sp³-hybridized carbons (Fsp3) is 0.588. The maximum Gasteiger partial charge on any atom is 0.224 e. The fourth-order valence-electron chi connectivity index (χ4n) is 2.86. The predicted octanol–water partition coefficient (Wildman–Crippen LogP) is 2.94. The van der Waals surface area contributed by atoms with Crippen molar-refractivity contribution in [2.75, 3.05) is 13.1 Å². The Bertz CT molecular complexity index is 486. The Balaban J connectivity index is 1.65. The summed E-state index contributed by atoms with van der Waals surface area (Å²) in [4.78, 5) is 11.8. The van der Waals surface area contributed by atoms with Crippen LogP contribution in [-0.4, -0.2) is 25.0 Å². The maximum absolute atomic E-state index is 13.4. The molecule has 1 amide bonds. The number of carbonyl (C=O) groups is 1. The SMILES string of the molecule is O=C(Cc1ccc(F)cc1F)NCCNC1CCCCCC1. The highest BCUT2D eigenvalue weighted by molar-refractivity contribution is 5.78. The first-order valence-corrected chi connectivity index (χ1v) is 8.09. The summed E-state index contributed by atoms with van der Waals surface area (Å²) in [6.07, 6.45) is 7.52. The number of carbonyl (C=O) groups excluding carboxylic acids is 1. The van der Waals surface area contributed by atoms with Gasteiger partial charge in [-0.1, -0.05) is 31.7 Å². The topological polar surface area (TPSA) is 41.1 Å². The number of hydrogen-bond acceptors (Lipinski definition) is 2. The van der Waals surface area contributed by atoms with E-state index in [-0.39, 0.29) is 17.9 Å². The zero-order valence-corrected chi connectivity index (χ0v) is 12.8. The van der Waals surface area contributed by atoms with Crippen LogP contribution in [0.4, 0.5) is 8.78 Å². The molecule has 0 bridgehead atoms. The van der Waals surface area contributed by atoms with E-state index in [9.17, 15) is 13.6 Å². The Morgan fingerprint density at radius 2 is 1.82 bits per heavy atom. The van der Waals surface area contributed by atoms with E-state index in [2.05, 4.69) is 10.6 Å². The third-order valence-corrected chi connectivity index (χ3v) is 4.10. The third-order valence-electron chi connectivity index (χ3n) is 4.10. The summed E-state index contributed by atoms with van der Waals surface area (Å²) in [5.74, 6) is -1.55. The summed E-state index contributed by atoms with van der Waals surface area (Å²) in [7, 11) is 0. The van der Waals surface area contributed by atoms with Crippen LogP contribution in [0.1, 0.15) is 44.1 Å². The zero-order chi connectivity index (χ0) is 15.8. The van der Waals surface area contributed by atoms with Gasteiger partial charge in [0, 0.05) is 25.2 Å². The number of benzene rings is 1. The molecule has 0 saturated heterocycles. The standard InChI is InChI=1S/C17H24F2N2O/c18-14-8-7-13(16(19)12-14)11-17(22)21-10-9-20-15-5-3-1-2-4-6-15/h7-8,12,15,20H,1-6,9-11H2,(H,21,22). The molecule has 5 heteroatoms. The number of amides is 1. The lowest BCUT2D eigenvalue weighted by Gasteiger charge is -2.16. The minimum Gasteiger partial charge on any atom is -0.355 e. The average Bonchev–Trinajstić information content (AvgIpc) is 2.75. The molecule has 2 rings (SSSR count). The molecule has 1 aliphatic rings. The molecular weight excluding hydrogens is 286 g/mol. The van der Waals surface area contributed by atoms with Crippen molar-refractivity contribution < 1.29 is 13.6 Å². The summed E-state index contributed by atoms with van der Waals surface area (Å²) in [5, 5.41) is 6.23. The first-order valence-electron chi connectivity index (χ1n) is 8.09. The van der Waals surface area contributed by atoms with E-state index < -0.39 is 11.6 Å². The summed E-state index contributed by atoms with van der Waals surface area (Å²) in [6.45, 7) is 1.25. The van der Waals surface area contributed by atoms with Crippen molar-refractivity contribution in [3.63, 3.8) is 0 Å². The van der Waals surface area contributed by atoms with E-state index >= 15 is 0 Å². The van der Waals surface area contributed by atoms with Gasteiger partial charge in [0.2, 0.25) is 5.91 Å². The minimum absolute atomic E-state index is 0.0600. The Morgan fingerprint density at radius 1 is 1.09 bits per heavy atom. The molecule has 0 aromatic heterocycles. The van der Waals surface area contributed by atoms with Gasteiger partial charge in [-0.3, -0.25) is 4.79 Å². The molecule has 2 N–H and O–H groups in total. The molecule has 3 nitrogen and oxygen atoms in total. The molecule has 1 fully saturated rings. The van der Waals surface area contributed by atoms with Crippen molar-refractivity contribution in [2.24, 2.45) is 0 Å². The predicted molar refractivity (Wildman–Crippen MR) is 82.6 cm³/mol. The number of hydrogen-bond donors (Lipinski definition) is 2. The van der Waals surface area contributed by atoms with E-state index in [1.165, 1.54) is 50.7 Å². The second-order valence-corrected chi connectivity index (χ2v) is 5.91. The highest BCUT2D eigenvalue weighted by Crippen LogP contribution is 2.16. The molecule has 122 valence electrons. The van der Waals surface area contributed by atoms with E-state index in [0.29, 0.717) is 12.6 Å². The van der Waals surface area contributed by atoms with Crippen LogP contribution in [-0.2, 0) is 11.2 Å². The van der Waals surface area contributed by atoms with Crippen molar-refractivity contribution in [1.29, 1.82) is 0 Å². The second kappa shape index (κ2) is 8.83. The molecule has 1 aromatic carbocycles. The van der Waals surface area contributed by atoms with E-state index in [4.69, 9.17) is 0 Å². The fourth-order valence-corrected chi connectivity index (χ4v) is 2.86. The van der Waals surface area contributed by atoms with Crippen LogP contribution in [0.3, 0.4) is 0 Å². The van der Waals surface area contributed by atoms with Crippen LogP contribution < -0.4 is 10.6 Å². The maximum atomic E-state index is 13.4. The molecule has 0 atom stereocenters. The van der Waals surface area contributed by atoms with E-state index in [0.717, 1.165) is 12.6 Å². The number of halogens is 2. The lowest BCUT2D eigenvalue weighted by molar-refractivity contribution is -0.120. The summed E-state index contributed by atoms with van der Waals surface area (Å²) in [5.41, 5.74) is 0.218. The monoisotopic (exact) mass is 310 g/mol. The van der Waals surface area contributed by atoms with Gasteiger partial charge in [-0.05, 0) is 24.5 Å². The molecule has 1 saturated carbocycles. The van der Waals surface area contributed by atoms with Crippen LogP contribution in [0.15, 0.2) is 18.2 Å². The van der Waals surface area contributed by atoms with Crippen LogP contribution >= 0.6 is 0 Å². The van der Waals surface area contributed by atoms with Crippen molar-refractivity contribution in [3.8, 4) is 0 Å². The zero-order valence-electron chi connectivity index (χ0n) is 12.8. The van der Waals surface area contributed by atoms with Gasteiger partial charge in [0.25, 0.3) is 0 Å². The minimum atomic E-state index is -0.674. The summed E-state index contributed by atoms with van der Waals surface area (Å²) < 4.78 is 26.2. The molecule has 0 unspecified atom stereocenters. The Labute approximate surface area is 130 Å². The molecule has 22 heavy (non-hydrogen) atoms. The van der Waals surface area contributed by atoms with E-state index in [1.54, 1.807) is 0 Å².